The summed E-state index contributed by atoms with van der Waals surface area (Å²) in [6.07, 6.45) is 0. The maximum absolute atomic E-state index is 9.37. The largest absolute Gasteiger partial charge is 0.456 e. The van der Waals surface area contributed by atoms with Crippen LogP contribution in [0, 0.1) is 6.92 Å². The summed E-state index contributed by atoms with van der Waals surface area (Å²) in [6.45, 7) is 1.76. The standard InChI is InChI=1S/C14H11NO5S/c1-7-15-11-5-10-9-4-8(21(16,17)18)2-3-12(9)20-13(10)6-14(11)19-7/h2-6,16-18H,1H3. The Kier molecular flexibility index (Phi) is 2.40. The predicted octanol–water partition coefficient (Wildman–Crippen LogP) is 4.62. The number of hydrogen-bond donors (Lipinski definition) is 3. The molecule has 0 bridgehead atoms. The van der Waals surface area contributed by atoms with E-state index < -0.39 is 10.9 Å². The lowest BCUT2D eigenvalue weighted by Crippen LogP contribution is -1.94. The van der Waals surface area contributed by atoms with Gasteiger partial charge in [-0.3, -0.25) is 0 Å². The second kappa shape index (κ2) is 3.99. The summed E-state index contributed by atoms with van der Waals surface area (Å²) >= 11 is 0. The number of nitrogens with zero attached hydrogens (tertiary/aromatic N) is 1. The highest BCUT2D eigenvalue weighted by Gasteiger charge is 2.18. The topological polar surface area (TPSA) is 99.9 Å². The first-order valence-corrected chi connectivity index (χ1v) is 7.66. The van der Waals surface area contributed by atoms with E-state index in [9.17, 15) is 13.7 Å². The van der Waals surface area contributed by atoms with Gasteiger partial charge in [0.25, 0.3) is 0 Å². The SMILES string of the molecule is Cc1nc2cc3c(cc2o1)oc1ccc(S(O)(O)O)cc13. The first-order chi connectivity index (χ1) is 9.91. The Morgan fingerprint density at radius 3 is 2.43 bits per heavy atom. The average Bonchev–Trinajstić information content (AvgIpc) is 2.92. The molecule has 0 spiro atoms. The number of benzene rings is 2. The molecule has 7 heteroatoms. The Morgan fingerprint density at radius 1 is 0.905 bits per heavy atom. The minimum absolute atomic E-state index is 0.0501. The van der Waals surface area contributed by atoms with Crippen LogP contribution < -0.4 is 0 Å². The fraction of sp³-hybridized carbons (Fsp3) is 0.0714. The summed E-state index contributed by atoms with van der Waals surface area (Å²) in [4.78, 5) is 4.32. The van der Waals surface area contributed by atoms with Crippen LogP contribution in [0.15, 0.2) is 44.1 Å². The van der Waals surface area contributed by atoms with Gasteiger partial charge in [0.15, 0.2) is 11.5 Å². The minimum atomic E-state index is -3.76. The van der Waals surface area contributed by atoms with Gasteiger partial charge < -0.3 is 22.5 Å². The highest BCUT2D eigenvalue weighted by molar-refractivity contribution is 8.19. The molecular formula is C14H11NO5S. The van der Waals surface area contributed by atoms with E-state index in [2.05, 4.69) is 4.98 Å². The fourth-order valence-electron chi connectivity index (χ4n) is 2.46. The molecule has 4 aromatic rings. The van der Waals surface area contributed by atoms with E-state index in [-0.39, 0.29) is 4.90 Å². The number of rotatable bonds is 1. The zero-order valence-electron chi connectivity index (χ0n) is 10.9. The van der Waals surface area contributed by atoms with E-state index in [1.807, 2.05) is 6.07 Å². The Morgan fingerprint density at radius 2 is 1.67 bits per heavy atom. The zero-order chi connectivity index (χ0) is 14.8. The van der Waals surface area contributed by atoms with Gasteiger partial charge in [-0.15, -0.1) is 0 Å². The van der Waals surface area contributed by atoms with Crippen LogP contribution in [0.5, 0.6) is 0 Å². The van der Waals surface area contributed by atoms with Crippen molar-refractivity contribution in [1.29, 1.82) is 0 Å². The third kappa shape index (κ3) is 1.90. The molecule has 0 radical (unpaired) electrons. The van der Waals surface area contributed by atoms with Gasteiger partial charge >= 0.3 is 0 Å². The van der Waals surface area contributed by atoms with E-state index >= 15 is 0 Å². The number of aryl methyl sites for hydroxylation is 1. The van der Waals surface area contributed by atoms with Gasteiger partial charge in [-0.1, -0.05) is 0 Å². The molecule has 6 nitrogen and oxygen atoms in total. The minimum Gasteiger partial charge on any atom is -0.456 e. The Hall–Kier alpha value is -2.06. The Bertz CT molecular complexity index is 995. The first-order valence-electron chi connectivity index (χ1n) is 6.16. The molecule has 2 aromatic carbocycles. The van der Waals surface area contributed by atoms with Crippen LogP contribution in [0.1, 0.15) is 5.89 Å². The molecule has 0 atom stereocenters. The lowest BCUT2D eigenvalue weighted by molar-refractivity contribution is 0.376. The molecule has 0 fully saturated rings. The monoisotopic (exact) mass is 305 g/mol. The molecule has 21 heavy (non-hydrogen) atoms. The zero-order valence-corrected chi connectivity index (χ0v) is 11.7. The van der Waals surface area contributed by atoms with Crippen LogP contribution in [0.3, 0.4) is 0 Å². The van der Waals surface area contributed by atoms with Crippen molar-refractivity contribution in [3.05, 3.63) is 36.2 Å². The maximum atomic E-state index is 9.37. The Balaban J connectivity index is 2.10. The summed E-state index contributed by atoms with van der Waals surface area (Å²) in [7, 11) is -3.76. The number of hydrogen-bond acceptors (Lipinski definition) is 6. The van der Waals surface area contributed by atoms with Crippen molar-refractivity contribution in [2.24, 2.45) is 0 Å². The van der Waals surface area contributed by atoms with Gasteiger partial charge in [-0.2, -0.15) is 0 Å². The normalized spacial score (nSPS) is 13.5. The van der Waals surface area contributed by atoms with E-state index in [1.54, 1.807) is 19.1 Å². The smallest absolute Gasteiger partial charge is 0.192 e. The quantitative estimate of drug-likeness (QED) is 0.474. The van der Waals surface area contributed by atoms with Gasteiger partial charge in [-0.25, -0.2) is 4.98 Å². The second-order valence-electron chi connectivity index (χ2n) is 4.83. The van der Waals surface area contributed by atoms with Crippen molar-refractivity contribution in [3.8, 4) is 0 Å². The molecule has 0 unspecified atom stereocenters. The molecule has 0 aliphatic heterocycles. The third-order valence-corrected chi connectivity index (χ3v) is 4.26. The van der Waals surface area contributed by atoms with Crippen molar-refractivity contribution in [1.82, 2.24) is 4.98 Å². The lowest BCUT2D eigenvalue weighted by Gasteiger charge is -2.18. The Labute approximate surface area is 120 Å². The maximum Gasteiger partial charge on any atom is 0.192 e. The molecular weight excluding hydrogens is 294 g/mol. The molecule has 0 saturated carbocycles. The number of oxazole rings is 1. The number of fused-ring (bicyclic) bond motifs is 4. The van der Waals surface area contributed by atoms with Crippen LogP contribution >= 0.6 is 10.9 Å². The highest BCUT2D eigenvalue weighted by Crippen LogP contribution is 2.45. The van der Waals surface area contributed by atoms with Crippen molar-refractivity contribution < 1.29 is 22.5 Å². The molecule has 3 N–H and O–H groups in total. The summed E-state index contributed by atoms with van der Waals surface area (Å²) in [5.74, 6) is 0.562. The van der Waals surface area contributed by atoms with Gasteiger partial charge in [-0.05, 0) is 24.3 Å². The lowest BCUT2D eigenvalue weighted by atomic mass is 10.1. The van der Waals surface area contributed by atoms with Crippen LogP contribution in [-0.4, -0.2) is 18.6 Å². The van der Waals surface area contributed by atoms with Crippen molar-refractivity contribution in [3.63, 3.8) is 0 Å². The van der Waals surface area contributed by atoms with Crippen molar-refractivity contribution >= 4 is 43.9 Å². The van der Waals surface area contributed by atoms with Crippen LogP contribution in [-0.2, 0) is 0 Å². The number of aromatic nitrogens is 1. The summed E-state index contributed by atoms with van der Waals surface area (Å²) in [5, 5.41) is 1.45. The fourth-order valence-corrected chi connectivity index (χ4v) is 2.99. The van der Waals surface area contributed by atoms with E-state index in [1.165, 1.54) is 12.1 Å². The number of furan rings is 1. The third-order valence-electron chi connectivity index (χ3n) is 3.37. The average molecular weight is 305 g/mol. The predicted molar refractivity (Wildman–Crippen MR) is 79.8 cm³/mol. The summed E-state index contributed by atoms with van der Waals surface area (Å²) in [6, 6.07) is 8.10. The summed E-state index contributed by atoms with van der Waals surface area (Å²) < 4.78 is 39.3. The molecule has 2 aromatic heterocycles. The van der Waals surface area contributed by atoms with Crippen LogP contribution in [0.25, 0.3) is 33.0 Å². The first kappa shape index (κ1) is 12.7. The second-order valence-corrected chi connectivity index (χ2v) is 6.34. The highest BCUT2D eigenvalue weighted by atomic mass is 32.3. The van der Waals surface area contributed by atoms with Crippen molar-refractivity contribution in [2.45, 2.75) is 11.8 Å². The molecule has 4 rings (SSSR count). The molecule has 0 aliphatic carbocycles. The van der Waals surface area contributed by atoms with E-state index in [4.69, 9.17) is 8.83 Å². The van der Waals surface area contributed by atoms with Gasteiger partial charge in [0.2, 0.25) is 0 Å². The molecule has 108 valence electrons. The van der Waals surface area contributed by atoms with Gasteiger partial charge in [0.1, 0.15) is 27.6 Å². The van der Waals surface area contributed by atoms with Crippen molar-refractivity contribution in [2.75, 3.05) is 0 Å². The summed E-state index contributed by atoms with van der Waals surface area (Å²) in [5.41, 5.74) is 2.52. The van der Waals surface area contributed by atoms with Gasteiger partial charge in [0, 0.05) is 23.8 Å². The molecule has 0 saturated heterocycles. The van der Waals surface area contributed by atoms with E-state index in [0.29, 0.717) is 33.5 Å². The molecule has 0 aliphatic rings. The van der Waals surface area contributed by atoms with Crippen LogP contribution in [0.4, 0.5) is 0 Å². The molecule has 2 heterocycles. The van der Waals surface area contributed by atoms with Gasteiger partial charge in [0.05, 0.1) is 4.90 Å². The van der Waals surface area contributed by atoms with E-state index in [0.717, 1.165) is 5.39 Å². The molecule has 0 amide bonds. The van der Waals surface area contributed by atoms with Crippen LogP contribution in [0.2, 0.25) is 0 Å².